The van der Waals surface area contributed by atoms with E-state index in [1.807, 2.05) is 25.1 Å². The zero-order valence-corrected chi connectivity index (χ0v) is 15.5. The molecule has 132 valence electrons. The standard InChI is InChI=1S/C17H14ClN5O2S/c1-9-15-17(23-22-9)20-13-8-19-14(26(2,24)25)7-11(13)16(21-15)10-5-3-4-6-12(10)18/h3-8H,1-2H3,(H2,20,22,23). The third-order valence-corrected chi connectivity index (χ3v) is 5.35. The van der Waals surface area contributed by atoms with Crippen LogP contribution in [0.4, 0.5) is 17.2 Å². The van der Waals surface area contributed by atoms with E-state index in [2.05, 4.69) is 20.5 Å². The van der Waals surface area contributed by atoms with Gasteiger partial charge in [-0.3, -0.25) is 5.10 Å². The van der Waals surface area contributed by atoms with Crippen molar-refractivity contribution in [1.82, 2.24) is 15.2 Å². The minimum atomic E-state index is -3.47. The van der Waals surface area contributed by atoms with Crippen LogP contribution in [-0.4, -0.2) is 35.6 Å². The molecule has 9 heteroatoms. The molecule has 0 saturated heterocycles. The lowest BCUT2D eigenvalue weighted by atomic mass is 10.0. The van der Waals surface area contributed by atoms with Crippen molar-refractivity contribution in [3.05, 3.63) is 58.4 Å². The highest BCUT2D eigenvalue weighted by Gasteiger charge is 2.24. The second-order valence-corrected chi connectivity index (χ2v) is 8.32. The number of benzene rings is 1. The number of aromatic nitrogens is 3. The summed E-state index contributed by atoms with van der Waals surface area (Å²) in [5.74, 6) is 0.541. The molecule has 0 saturated carbocycles. The molecule has 4 rings (SSSR count). The van der Waals surface area contributed by atoms with E-state index in [0.29, 0.717) is 39.1 Å². The average molecular weight is 388 g/mol. The van der Waals surface area contributed by atoms with Crippen molar-refractivity contribution in [3.8, 4) is 0 Å². The highest BCUT2D eigenvalue weighted by molar-refractivity contribution is 7.90. The summed E-state index contributed by atoms with van der Waals surface area (Å²) in [6.45, 7) is 1.86. The van der Waals surface area contributed by atoms with E-state index in [4.69, 9.17) is 16.6 Å². The van der Waals surface area contributed by atoms with Gasteiger partial charge >= 0.3 is 0 Å². The number of pyridine rings is 1. The lowest BCUT2D eigenvalue weighted by molar-refractivity contribution is 0.598. The first kappa shape index (κ1) is 16.7. The Kier molecular flexibility index (Phi) is 3.82. The quantitative estimate of drug-likeness (QED) is 0.549. The van der Waals surface area contributed by atoms with Crippen LogP contribution in [-0.2, 0) is 9.84 Å². The van der Waals surface area contributed by atoms with E-state index < -0.39 is 9.84 Å². The van der Waals surface area contributed by atoms with Crippen LogP contribution in [0.2, 0.25) is 5.02 Å². The fourth-order valence-corrected chi connectivity index (χ4v) is 3.54. The van der Waals surface area contributed by atoms with Gasteiger partial charge in [0.25, 0.3) is 0 Å². The summed E-state index contributed by atoms with van der Waals surface area (Å²) in [6, 6.07) is 8.78. The van der Waals surface area contributed by atoms with Gasteiger partial charge in [0.2, 0.25) is 0 Å². The van der Waals surface area contributed by atoms with Gasteiger partial charge in [0, 0.05) is 22.4 Å². The van der Waals surface area contributed by atoms with Gasteiger partial charge in [0.15, 0.2) is 20.7 Å². The first-order valence-electron chi connectivity index (χ1n) is 7.70. The number of aliphatic imine (C=N–C) groups is 1. The van der Waals surface area contributed by atoms with E-state index in [1.165, 1.54) is 12.3 Å². The Hall–Kier alpha value is -2.71. The molecule has 2 N–H and O–H groups in total. The summed E-state index contributed by atoms with van der Waals surface area (Å²) < 4.78 is 23.9. The highest BCUT2D eigenvalue weighted by atomic mass is 35.5. The van der Waals surface area contributed by atoms with Crippen LogP contribution < -0.4 is 5.32 Å². The van der Waals surface area contributed by atoms with Crippen LogP contribution in [0.5, 0.6) is 0 Å². The Morgan fingerprint density at radius 2 is 1.92 bits per heavy atom. The number of H-pyrrole nitrogens is 1. The number of nitrogens with zero attached hydrogens (tertiary/aromatic N) is 3. The van der Waals surface area contributed by atoms with Gasteiger partial charge < -0.3 is 5.32 Å². The van der Waals surface area contributed by atoms with Crippen LogP contribution in [0, 0.1) is 6.92 Å². The van der Waals surface area contributed by atoms with Crippen molar-refractivity contribution in [3.63, 3.8) is 0 Å². The second-order valence-electron chi connectivity index (χ2n) is 5.95. The Labute approximate surface area is 155 Å². The number of hydrogen-bond acceptors (Lipinski definition) is 6. The zero-order valence-electron chi connectivity index (χ0n) is 13.9. The maximum Gasteiger partial charge on any atom is 0.192 e. The largest absolute Gasteiger partial charge is 0.335 e. The number of aryl methyl sites for hydroxylation is 1. The fraction of sp³-hybridized carbons (Fsp3) is 0.118. The minimum absolute atomic E-state index is 0.0318. The van der Waals surface area contributed by atoms with Crippen LogP contribution in [0.25, 0.3) is 0 Å². The molecule has 7 nitrogen and oxygen atoms in total. The van der Waals surface area contributed by atoms with Crippen LogP contribution in [0.3, 0.4) is 0 Å². The Morgan fingerprint density at radius 3 is 2.65 bits per heavy atom. The predicted molar refractivity (Wildman–Crippen MR) is 101 cm³/mol. The number of halogens is 1. The average Bonchev–Trinajstić information content (AvgIpc) is 2.84. The van der Waals surface area contributed by atoms with Crippen LogP contribution in [0.15, 0.2) is 46.5 Å². The molecule has 0 aliphatic carbocycles. The maximum atomic E-state index is 12.0. The van der Waals surface area contributed by atoms with E-state index in [9.17, 15) is 8.42 Å². The Balaban J connectivity index is 2.05. The van der Waals surface area contributed by atoms with E-state index >= 15 is 0 Å². The minimum Gasteiger partial charge on any atom is -0.335 e. The molecule has 1 aromatic carbocycles. The molecule has 1 aliphatic heterocycles. The molecule has 3 aromatic rings. The zero-order chi connectivity index (χ0) is 18.5. The number of hydrogen-bond donors (Lipinski definition) is 2. The van der Waals surface area contributed by atoms with Crippen molar-refractivity contribution >= 4 is 44.3 Å². The third kappa shape index (κ3) is 2.77. The van der Waals surface area contributed by atoms with Gasteiger partial charge in [0.1, 0.15) is 5.69 Å². The second kappa shape index (κ2) is 5.93. The first-order chi connectivity index (χ1) is 12.3. The van der Waals surface area contributed by atoms with Gasteiger partial charge in [-0.15, -0.1) is 0 Å². The van der Waals surface area contributed by atoms with E-state index in [-0.39, 0.29) is 5.03 Å². The lowest BCUT2D eigenvalue weighted by Crippen LogP contribution is -2.10. The van der Waals surface area contributed by atoms with Gasteiger partial charge in [-0.1, -0.05) is 29.8 Å². The van der Waals surface area contributed by atoms with Gasteiger partial charge in [-0.25, -0.2) is 18.4 Å². The molecule has 3 heterocycles. The summed E-state index contributed by atoms with van der Waals surface area (Å²) >= 11 is 6.39. The molecule has 2 aromatic heterocycles. The van der Waals surface area contributed by atoms with Crippen molar-refractivity contribution < 1.29 is 8.42 Å². The number of anilines is 2. The maximum absolute atomic E-state index is 12.0. The molecular formula is C17H14ClN5O2S. The molecule has 1 aliphatic rings. The van der Waals surface area contributed by atoms with Gasteiger partial charge in [-0.05, 0) is 19.1 Å². The van der Waals surface area contributed by atoms with E-state index in [0.717, 1.165) is 11.9 Å². The van der Waals surface area contributed by atoms with Crippen molar-refractivity contribution in [2.45, 2.75) is 11.9 Å². The third-order valence-electron chi connectivity index (χ3n) is 4.03. The summed E-state index contributed by atoms with van der Waals surface area (Å²) in [6.07, 6.45) is 2.59. The number of nitrogens with one attached hydrogen (secondary N) is 2. The molecule has 0 bridgehead atoms. The normalized spacial score (nSPS) is 13.3. The number of sulfone groups is 1. The number of aromatic amines is 1. The molecule has 0 radical (unpaired) electrons. The summed E-state index contributed by atoms with van der Waals surface area (Å²) in [7, 11) is -3.47. The lowest BCUT2D eigenvalue weighted by Gasteiger charge is -2.12. The Morgan fingerprint density at radius 1 is 1.15 bits per heavy atom. The number of rotatable bonds is 2. The molecular weight excluding hydrogens is 374 g/mol. The molecule has 0 atom stereocenters. The van der Waals surface area contributed by atoms with Crippen molar-refractivity contribution in [2.24, 2.45) is 4.99 Å². The van der Waals surface area contributed by atoms with E-state index in [1.54, 1.807) is 6.07 Å². The predicted octanol–water partition coefficient (Wildman–Crippen LogP) is 3.40. The molecule has 0 unspecified atom stereocenters. The topological polar surface area (TPSA) is 100 Å². The highest BCUT2D eigenvalue weighted by Crippen LogP contribution is 2.37. The molecule has 0 fully saturated rings. The SMILES string of the molecule is Cc1[nH]nc2c1N=C(c1ccccc1Cl)c1cc(S(C)(=O)=O)ncc1N2. The van der Waals surface area contributed by atoms with Crippen molar-refractivity contribution in [1.29, 1.82) is 0 Å². The smallest absolute Gasteiger partial charge is 0.192 e. The summed E-state index contributed by atoms with van der Waals surface area (Å²) in [5, 5.41) is 10.8. The van der Waals surface area contributed by atoms with Gasteiger partial charge in [-0.2, -0.15) is 5.10 Å². The molecule has 0 amide bonds. The summed E-state index contributed by atoms with van der Waals surface area (Å²) in [4.78, 5) is 8.81. The first-order valence-corrected chi connectivity index (χ1v) is 9.97. The summed E-state index contributed by atoms with van der Waals surface area (Å²) in [5.41, 5.74) is 3.84. The number of fused-ring (bicyclic) bond motifs is 2. The van der Waals surface area contributed by atoms with Gasteiger partial charge in [0.05, 0.1) is 23.3 Å². The Bertz CT molecular complexity index is 1170. The molecule has 0 spiro atoms. The molecule has 26 heavy (non-hydrogen) atoms. The monoisotopic (exact) mass is 387 g/mol. The van der Waals surface area contributed by atoms with Crippen LogP contribution >= 0.6 is 11.6 Å². The fourth-order valence-electron chi connectivity index (χ4n) is 2.74. The van der Waals surface area contributed by atoms with Crippen LogP contribution in [0.1, 0.15) is 16.8 Å². The van der Waals surface area contributed by atoms with Crippen molar-refractivity contribution in [2.75, 3.05) is 11.6 Å².